The Morgan fingerprint density at radius 1 is 1.05 bits per heavy atom. The number of halogens is 1. The van der Waals surface area contributed by atoms with Crippen LogP contribution in [-0.4, -0.2) is 19.6 Å². The highest BCUT2D eigenvalue weighted by atomic mass is 19.1. The number of hydrogen-bond donors (Lipinski definition) is 1. The second kappa shape index (κ2) is 6.34. The topological polar surface area (TPSA) is 29.3 Å². The summed E-state index contributed by atoms with van der Waals surface area (Å²) in [5.41, 5.74) is 8.37. The largest absolute Gasteiger partial charge is 0.373 e. The van der Waals surface area contributed by atoms with Gasteiger partial charge in [-0.25, -0.2) is 4.39 Å². The van der Waals surface area contributed by atoms with Crippen molar-refractivity contribution in [2.75, 3.05) is 18.5 Å². The van der Waals surface area contributed by atoms with E-state index in [0.29, 0.717) is 0 Å². The van der Waals surface area contributed by atoms with Gasteiger partial charge in [-0.1, -0.05) is 30.3 Å². The molecule has 0 radical (unpaired) electrons. The van der Waals surface area contributed by atoms with Gasteiger partial charge in [-0.15, -0.1) is 0 Å². The van der Waals surface area contributed by atoms with Crippen molar-refractivity contribution in [3.8, 4) is 0 Å². The molecule has 2 N–H and O–H groups in total. The Bertz CT molecular complexity index is 496. The van der Waals surface area contributed by atoms with E-state index in [1.807, 2.05) is 30.1 Å². The Balaban J connectivity index is 1.91. The maximum absolute atomic E-state index is 12.9. The minimum atomic E-state index is -0.217. The van der Waals surface area contributed by atoms with Crippen molar-refractivity contribution in [3.63, 3.8) is 0 Å². The highest BCUT2D eigenvalue weighted by molar-refractivity contribution is 5.45. The van der Waals surface area contributed by atoms with Crippen molar-refractivity contribution in [3.05, 3.63) is 66.0 Å². The van der Waals surface area contributed by atoms with Gasteiger partial charge in [0.25, 0.3) is 0 Å². The molecule has 0 heterocycles. The van der Waals surface area contributed by atoms with Crippen LogP contribution in [0, 0.1) is 5.82 Å². The third-order valence-corrected chi connectivity index (χ3v) is 3.12. The minimum absolute atomic E-state index is 0.0532. The predicted octanol–water partition coefficient (Wildman–Crippen LogP) is 2.83. The van der Waals surface area contributed by atoms with Crippen molar-refractivity contribution in [1.29, 1.82) is 0 Å². The maximum Gasteiger partial charge on any atom is 0.123 e. The van der Waals surface area contributed by atoms with E-state index in [4.69, 9.17) is 5.73 Å². The van der Waals surface area contributed by atoms with Crippen molar-refractivity contribution >= 4 is 5.69 Å². The molecule has 1 atom stereocenters. The summed E-state index contributed by atoms with van der Waals surface area (Å²) < 4.78 is 12.9. The molecule has 0 aliphatic carbocycles. The number of benzene rings is 2. The lowest BCUT2D eigenvalue weighted by atomic mass is 10.1. The SMILES string of the molecule is CN(CC(N)Cc1ccccc1)c1ccc(F)cc1. The van der Waals surface area contributed by atoms with Crippen LogP contribution in [0.5, 0.6) is 0 Å². The van der Waals surface area contributed by atoms with Gasteiger partial charge in [-0.3, -0.25) is 0 Å². The molecule has 2 aromatic carbocycles. The van der Waals surface area contributed by atoms with Gasteiger partial charge in [0.2, 0.25) is 0 Å². The minimum Gasteiger partial charge on any atom is -0.373 e. The second-order valence-corrected chi connectivity index (χ2v) is 4.81. The molecule has 0 saturated heterocycles. The van der Waals surface area contributed by atoms with E-state index in [0.717, 1.165) is 18.7 Å². The quantitative estimate of drug-likeness (QED) is 0.893. The van der Waals surface area contributed by atoms with E-state index in [1.54, 1.807) is 12.1 Å². The summed E-state index contributed by atoms with van der Waals surface area (Å²) in [6.45, 7) is 0.737. The molecule has 2 rings (SSSR count). The van der Waals surface area contributed by atoms with Crippen molar-refractivity contribution in [2.24, 2.45) is 5.73 Å². The summed E-state index contributed by atoms with van der Waals surface area (Å²) >= 11 is 0. The van der Waals surface area contributed by atoms with E-state index in [9.17, 15) is 4.39 Å². The van der Waals surface area contributed by atoms with E-state index in [1.165, 1.54) is 17.7 Å². The Kier molecular flexibility index (Phi) is 4.53. The monoisotopic (exact) mass is 258 g/mol. The van der Waals surface area contributed by atoms with Gasteiger partial charge < -0.3 is 10.6 Å². The van der Waals surface area contributed by atoms with Crippen LogP contribution in [0.25, 0.3) is 0 Å². The Labute approximate surface area is 113 Å². The van der Waals surface area contributed by atoms with E-state index in [-0.39, 0.29) is 11.9 Å². The lowest BCUT2D eigenvalue weighted by Crippen LogP contribution is -2.36. The Morgan fingerprint density at radius 2 is 1.68 bits per heavy atom. The van der Waals surface area contributed by atoms with Gasteiger partial charge in [0, 0.05) is 25.3 Å². The zero-order valence-electron chi connectivity index (χ0n) is 11.1. The standard InChI is InChI=1S/C16H19FN2/c1-19(16-9-7-14(17)8-10-16)12-15(18)11-13-5-3-2-4-6-13/h2-10,15H,11-12,18H2,1H3. The fourth-order valence-electron chi connectivity index (χ4n) is 2.13. The number of rotatable bonds is 5. The van der Waals surface area contributed by atoms with Gasteiger partial charge >= 0.3 is 0 Å². The van der Waals surface area contributed by atoms with Crippen LogP contribution >= 0.6 is 0 Å². The number of hydrogen-bond acceptors (Lipinski definition) is 2. The lowest BCUT2D eigenvalue weighted by molar-refractivity contribution is 0.626. The summed E-state index contributed by atoms with van der Waals surface area (Å²) in [5, 5.41) is 0. The first-order valence-corrected chi connectivity index (χ1v) is 6.41. The number of anilines is 1. The number of nitrogens with zero attached hydrogens (tertiary/aromatic N) is 1. The molecule has 100 valence electrons. The van der Waals surface area contributed by atoms with E-state index >= 15 is 0 Å². The first kappa shape index (κ1) is 13.6. The normalized spacial score (nSPS) is 12.2. The first-order chi connectivity index (χ1) is 9.15. The van der Waals surface area contributed by atoms with Crippen LogP contribution in [0.15, 0.2) is 54.6 Å². The third kappa shape index (κ3) is 4.07. The van der Waals surface area contributed by atoms with Crippen LogP contribution in [0.4, 0.5) is 10.1 Å². The Morgan fingerprint density at radius 3 is 2.32 bits per heavy atom. The number of likely N-dealkylation sites (N-methyl/N-ethyl adjacent to an activating group) is 1. The Hall–Kier alpha value is -1.87. The maximum atomic E-state index is 12.9. The zero-order valence-corrected chi connectivity index (χ0v) is 11.1. The summed E-state index contributed by atoms with van der Waals surface area (Å²) in [5.74, 6) is -0.217. The average molecular weight is 258 g/mol. The molecule has 0 aliphatic heterocycles. The van der Waals surface area contributed by atoms with Gasteiger partial charge in [-0.2, -0.15) is 0 Å². The molecule has 0 fully saturated rings. The lowest BCUT2D eigenvalue weighted by Gasteiger charge is -2.23. The van der Waals surface area contributed by atoms with Crippen LogP contribution in [0.1, 0.15) is 5.56 Å². The highest BCUT2D eigenvalue weighted by Crippen LogP contribution is 2.13. The van der Waals surface area contributed by atoms with Crippen LogP contribution in [0.2, 0.25) is 0 Å². The molecule has 3 heteroatoms. The molecule has 0 aromatic heterocycles. The van der Waals surface area contributed by atoms with Crippen molar-refractivity contribution in [2.45, 2.75) is 12.5 Å². The van der Waals surface area contributed by atoms with E-state index < -0.39 is 0 Å². The smallest absolute Gasteiger partial charge is 0.123 e. The molecule has 2 nitrogen and oxygen atoms in total. The summed E-state index contributed by atoms with van der Waals surface area (Å²) in [7, 11) is 1.97. The van der Waals surface area contributed by atoms with Gasteiger partial charge in [0.1, 0.15) is 5.82 Å². The number of nitrogens with two attached hydrogens (primary N) is 1. The molecule has 0 aliphatic rings. The molecule has 19 heavy (non-hydrogen) atoms. The second-order valence-electron chi connectivity index (χ2n) is 4.81. The molecular weight excluding hydrogens is 239 g/mol. The molecule has 2 aromatic rings. The van der Waals surface area contributed by atoms with Crippen LogP contribution < -0.4 is 10.6 Å². The molecule has 0 saturated carbocycles. The third-order valence-electron chi connectivity index (χ3n) is 3.12. The molecular formula is C16H19FN2. The summed E-state index contributed by atoms with van der Waals surface area (Å²) in [6.07, 6.45) is 0.840. The van der Waals surface area contributed by atoms with Gasteiger partial charge in [0.15, 0.2) is 0 Å². The summed E-state index contributed by atoms with van der Waals surface area (Å²) in [4.78, 5) is 2.05. The molecule has 0 amide bonds. The first-order valence-electron chi connectivity index (χ1n) is 6.41. The molecule has 1 unspecified atom stereocenters. The van der Waals surface area contributed by atoms with Crippen LogP contribution in [-0.2, 0) is 6.42 Å². The van der Waals surface area contributed by atoms with Crippen LogP contribution in [0.3, 0.4) is 0 Å². The van der Waals surface area contributed by atoms with Gasteiger partial charge in [0.05, 0.1) is 0 Å². The van der Waals surface area contributed by atoms with Crippen molar-refractivity contribution in [1.82, 2.24) is 0 Å². The predicted molar refractivity (Wildman–Crippen MR) is 77.8 cm³/mol. The zero-order chi connectivity index (χ0) is 13.7. The fraction of sp³-hybridized carbons (Fsp3) is 0.250. The highest BCUT2D eigenvalue weighted by Gasteiger charge is 2.08. The summed E-state index contributed by atoms with van der Waals surface area (Å²) in [6, 6.07) is 16.7. The van der Waals surface area contributed by atoms with Crippen molar-refractivity contribution < 1.29 is 4.39 Å². The van der Waals surface area contributed by atoms with E-state index in [2.05, 4.69) is 12.1 Å². The molecule has 0 spiro atoms. The van der Waals surface area contributed by atoms with Gasteiger partial charge in [-0.05, 0) is 36.2 Å². The fourth-order valence-corrected chi connectivity index (χ4v) is 2.13. The molecule has 0 bridgehead atoms. The average Bonchev–Trinajstić information content (AvgIpc) is 2.40.